The van der Waals surface area contributed by atoms with Crippen molar-refractivity contribution in [3.05, 3.63) is 81.5 Å². The number of nitrogens with one attached hydrogen (secondary N) is 2. The van der Waals surface area contributed by atoms with E-state index in [9.17, 15) is 22.8 Å². The fraction of sp³-hybridized carbons (Fsp3) is 0.292. The lowest BCUT2D eigenvalue weighted by molar-refractivity contribution is -0.137. The Labute approximate surface area is 193 Å². The van der Waals surface area contributed by atoms with Crippen molar-refractivity contribution in [3.63, 3.8) is 0 Å². The highest BCUT2D eigenvalue weighted by molar-refractivity contribution is 6.04. The summed E-state index contributed by atoms with van der Waals surface area (Å²) in [7, 11) is 1.55. The molecule has 0 saturated carbocycles. The minimum absolute atomic E-state index is 0.0283. The van der Waals surface area contributed by atoms with Gasteiger partial charge in [0, 0.05) is 25.6 Å². The van der Waals surface area contributed by atoms with E-state index in [0.717, 1.165) is 36.6 Å². The van der Waals surface area contributed by atoms with Crippen LogP contribution in [0.25, 0.3) is 0 Å². The van der Waals surface area contributed by atoms with Crippen molar-refractivity contribution >= 4 is 17.3 Å². The van der Waals surface area contributed by atoms with Crippen LogP contribution in [0.15, 0.2) is 53.3 Å². The Kier molecular flexibility index (Phi) is 6.58. The van der Waals surface area contributed by atoms with Crippen LogP contribution in [0, 0.1) is 0 Å². The van der Waals surface area contributed by atoms with Crippen molar-refractivity contribution in [2.75, 3.05) is 30.4 Å². The summed E-state index contributed by atoms with van der Waals surface area (Å²) in [5, 5.41) is 2.54. The van der Waals surface area contributed by atoms with Crippen LogP contribution in [0.5, 0.6) is 5.75 Å². The normalized spacial score (nSPS) is 13.7. The summed E-state index contributed by atoms with van der Waals surface area (Å²) < 4.78 is 45.0. The summed E-state index contributed by atoms with van der Waals surface area (Å²) in [4.78, 5) is 33.9. The van der Waals surface area contributed by atoms with E-state index in [4.69, 9.17) is 4.74 Å². The third-order valence-electron chi connectivity index (χ3n) is 5.57. The number of rotatable bonds is 6. The molecule has 3 aromatic rings. The van der Waals surface area contributed by atoms with Gasteiger partial charge in [0.1, 0.15) is 17.3 Å². The van der Waals surface area contributed by atoms with Gasteiger partial charge in [-0.25, -0.2) is 4.98 Å². The number of aromatic amines is 1. The van der Waals surface area contributed by atoms with Crippen molar-refractivity contribution in [1.29, 1.82) is 0 Å². The largest absolute Gasteiger partial charge is 0.497 e. The second kappa shape index (κ2) is 9.58. The minimum atomic E-state index is -4.56. The molecule has 1 aliphatic rings. The predicted molar refractivity (Wildman–Crippen MR) is 122 cm³/mol. The SMILES string of the molecule is COc1ccc(Cc2nc(C(=O)Nc3cc(C(F)(F)F)ccc3N3CCCC3)cc(=O)[nH]2)cc1. The number of benzene rings is 2. The molecule has 1 fully saturated rings. The van der Waals surface area contributed by atoms with E-state index in [0.29, 0.717) is 24.5 Å². The maximum Gasteiger partial charge on any atom is 0.416 e. The average Bonchev–Trinajstić information content (AvgIpc) is 3.33. The number of hydrogen-bond acceptors (Lipinski definition) is 5. The van der Waals surface area contributed by atoms with Gasteiger partial charge in [0.2, 0.25) is 0 Å². The lowest BCUT2D eigenvalue weighted by Crippen LogP contribution is -2.24. The van der Waals surface area contributed by atoms with E-state index in [1.54, 1.807) is 31.4 Å². The van der Waals surface area contributed by atoms with Crippen LogP contribution in [-0.4, -0.2) is 36.1 Å². The summed E-state index contributed by atoms with van der Waals surface area (Å²) in [5.74, 6) is 0.168. The second-order valence-electron chi connectivity index (χ2n) is 7.98. The monoisotopic (exact) mass is 472 g/mol. The molecule has 0 bridgehead atoms. The summed E-state index contributed by atoms with van der Waals surface area (Å²) in [6, 6.07) is 11.4. The van der Waals surface area contributed by atoms with Crippen LogP contribution in [-0.2, 0) is 12.6 Å². The van der Waals surface area contributed by atoms with E-state index in [2.05, 4.69) is 15.3 Å². The van der Waals surface area contributed by atoms with Gasteiger partial charge >= 0.3 is 6.18 Å². The van der Waals surface area contributed by atoms with Gasteiger partial charge in [-0.1, -0.05) is 12.1 Å². The van der Waals surface area contributed by atoms with E-state index < -0.39 is 23.2 Å². The van der Waals surface area contributed by atoms with Gasteiger partial charge in [-0.2, -0.15) is 13.2 Å². The minimum Gasteiger partial charge on any atom is -0.497 e. The lowest BCUT2D eigenvalue weighted by atomic mass is 10.1. The van der Waals surface area contributed by atoms with Gasteiger partial charge in [0.05, 0.1) is 24.0 Å². The van der Waals surface area contributed by atoms with Crippen LogP contribution in [0.1, 0.15) is 40.3 Å². The topological polar surface area (TPSA) is 87.3 Å². The van der Waals surface area contributed by atoms with Crippen molar-refractivity contribution in [2.45, 2.75) is 25.4 Å². The highest BCUT2D eigenvalue weighted by Crippen LogP contribution is 2.36. The first-order chi connectivity index (χ1) is 16.2. The maximum absolute atomic E-state index is 13.3. The van der Waals surface area contributed by atoms with Crippen molar-refractivity contribution in [3.8, 4) is 5.75 Å². The fourth-order valence-corrected chi connectivity index (χ4v) is 3.88. The van der Waals surface area contributed by atoms with Crippen LogP contribution >= 0.6 is 0 Å². The summed E-state index contributed by atoms with van der Waals surface area (Å²) in [6.45, 7) is 1.37. The third-order valence-corrected chi connectivity index (χ3v) is 5.57. The van der Waals surface area contributed by atoms with Gasteiger partial charge in [0.15, 0.2) is 0 Å². The molecule has 10 heteroatoms. The smallest absolute Gasteiger partial charge is 0.416 e. The van der Waals surface area contributed by atoms with Crippen LogP contribution in [0.3, 0.4) is 0 Å². The number of halogens is 3. The molecular weight excluding hydrogens is 449 g/mol. The Hall–Kier alpha value is -3.82. The molecule has 1 aromatic heterocycles. The number of methoxy groups -OCH3 is 1. The number of aromatic nitrogens is 2. The average molecular weight is 472 g/mol. The van der Waals surface area contributed by atoms with Crippen LogP contribution in [0.4, 0.5) is 24.5 Å². The lowest BCUT2D eigenvalue weighted by Gasteiger charge is -2.23. The number of ether oxygens (including phenoxy) is 1. The highest BCUT2D eigenvalue weighted by Gasteiger charge is 2.32. The van der Waals surface area contributed by atoms with Crippen molar-refractivity contribution in [2.24, 2.45) is 0 Å². The molecule has 178 valence electrons. The summed E-state index contributed by atoms with van der Waals surface area (Å²) >= 11 is 0. The van der Waals surface area contributed by atoms with Crippen LogP contribution in [0.2, 0.25) is 0 Å². The molecule has 0 radical (unpaired) electrons. The Morgan fingerprint density at radius 1 is 1.12 bits per heavy atom. The molecule has 2 heterocycles. The van der Waals surface area contributed by atoms with Gasteiger partial charge in [-0.15, -0.1) is 0 Å². The molecule has 0 spiro atoms. The zero-order chi connectivity index (χ0) is 24.3. The number of hydrogen-bond donors (Lipinski definition) is 2. The molecule has 0 aliphatic carbocycles. The summed E-state index contributed by atoms with van der Waals surface area (Å²) in [5.41, 5.74) is -0.229. The molecule has 2 N–H and O–H groups in total. The quantitative estimate of drug-likeness (QED) is 0.561. The molecule has 0 unspecified atom stereocenters. The summed E-state index contributed by atoms with van der Waals surface area (Å²) in [6.07, 6.45) is -2.48. The Balaban J connectivity index is 1.61. The zero-order valence-electron chi connectivity index (χ0n) is 18.4. The van der Waals surface area contributed by atoms with Crippen molar-refractivity contribution in [1.82, 2.24) is 9.97 Å². The molecule has 2 aromatic carbocycles. The fourth-order valence-electron chi connectivity index (χ4n) is 3.88. The number of carbonyl (C=O) groups is 1. The molecule has 4 rings (SSSR count). The molecular formula is C24H23F3N4O3. The zero-order valence-corrected chi connectivity index (χ0v) is 18.4. The molecule has 1 aliphatic heterocycles. The second-order valence-corrected chi connectivity index (χ2v) is 7.98. The van der Waals surface area contributed by atoms with Gasteiger partial charge in [-0.3, -0.25) is 9.59 Å². The molecule has 0 atom stereocenters. The van der Waals surface area contributed by atoms with E-state index in [1.807, 2.05) is 4.90 Å². The predicted octanol–water partition coefficient (Wildman–Crippen LogP) is 4.24. The first-order valence-electron chi connectivity index (χ1n) is 10.7. The van der Waals surface area contributed by atoms with Crippen LogP contribution < -0.4 is 20.5 Å². The van der Waals surface area contributed by atoms with Gasteiger partial charge in [-0.05, 0) is 48.7 Å². The molecule has 34 heavy (non-hydrogen) atoms. The number of nitrogens with zero attached hydrogens (tertiary/aromatic N) is 2. The van der Waals surface area contributed by atoms with Gasteiger partial charge < -0.3 is 19.9 Å². The number of alkyl halides is 3. The molecule has 7 nitrogen and oxygen atoms in total. The Morgan fingerprint density at radius 3 is 2.47 bits per heavy atom. The number of anilines is 2. The third kappa shape index (κ3) is 5.38. The van der Waals surface area contributed by atoms with E-state index in [-0.39, 0.29) is 23.6 Å². The molecule has 1 amide bonds. The van der Waals surface area contributed by atoms with E-state index in [1.165, 1.54) is 6.07 Å². The first kappa shape index (κ1) is 23.3. The standard InChI is InChI=1S/C24H23F3N4O3/c1-34-17-7-4-15(5-8-17)12-21-28-19(14-22(32)30-21)23(33)29-18-13-16(24(25,26)27)6-9-20(18)31-10-2-3-11-31/h4-9,13-14H,2-3,10-12H2,1H3,(H,29,33)(H,28,30,32). The number of carbonyl (C=O) groups excluding carboxylic acids is 1. The number of amides is 1. The van der Waals surface area contributed by atoms with Crippen molar-refractivity contribution < 1.29 is 22.7 Å². The Bertz CT molecular complexity index is 1230. The highest BCUT2D eigenvalue weighted by atomic mass is 19.4. The van der Waals surface area contributed by atoms with E-state index >= 15 is 0 Å². The Morgan fingerprint density at radius 2 is 1.82 bits per heavy atom. The maximum atomic E-state index is 13.3. The van der Waals surface area contributed by atoms with Gasteiger partial charge in [0.25, 0.3) is 11.5 Å². The first-order valence-corrected chi connectivity index (χ1v) is 10.7. The molecule has 1 saturated heterocycles. The number of H-pyrrole nitrogens is 1.